The Morgan fingerprint density at radius 1 is 0.931 bits per heavy atom. The Morgan fingerprint density at radius 2 is 1.45 bits per heavy atom. The fourth-order valence-corrected chi connectivity index (χ4v) is 2.86. The van der Waals surface area contributed by atoms with Gasteiger partial charge in [-0.2, -0.15) is 0 Å². The van der Waals surface area contributed by atoms with Crippen LogP contribution in [-0.2, 0) is 33.3 Å². The van der Waals surface area contributed by atoms with Gasteiger partial charge in [0, 0.05) is 26.3 Å². The van der Waals surface area contributed by atoms with Gasteiger partial charge in [-0.05, 0) is 24.3 Å². The van der Waals surface area contributed by atoms with Gasteiger partial charge in [-0.25, -0.2) is 0 Å². The van der Waals surface area contributed by atoms with Gasteiger partial charge in [0.1, 0.15) is 18.1 Å². The maximum Gasteiger partial charge on any atom is 0.303 e. The third kappa shape index (κ3) is 6.00. The van der Waals surface area contributed by atoms with Crippen molar-refractivity contribution in [2.45, 2.75) is 51.5 Å². The first-order chi connectivity index (χ1) is 13.7. The monoisotopic (exact) mass is 410 g/mol. The Morgan fingerprint density at radius 3 is 1.93 bits per heavy atom. The molecule has 1 saturated heterocycles. The lowest BCUT2D eigenvalue weighted by Crippen LogP contribution is -2.63. The third-order valence-electron chi connectivity index (χ3n) is 3.95. The van der Waals surface area contributed by atoms with Crippen molar-refractivity contribution >= 4 is 24.2 Å². The Balaban J connectivity index is 2.38. The molecule has 10 nitrogen and oxygen atoms in total. The summed E-state index contributed by atoms with van der Waals surface area (Å²) in [6.45, 7) is 2.82. The first-order valence-corrected chi connectivity index (χ1v) is 8.75. The zero-order valence-corrected chi connectivity index (χ0v) is 16.1. The number of benzene rings is 1. The van der Waals surface area contributed by atoms with E-state index < -0.39 is 55.2 Å². The van der Waals surface area contributed by atoms with E-state index in [-0.39, 0.29) is 5.75 Å². The van der Waals surface area contributed by atoms with Crippen LogP contribution < -0.4 is 4.74 Å². The highest BCUT2D eigenvalue weighted by atomic mass is 16.7. The van der Waals surface area contributed by atoms with Gasteiger partial charge in [-0.3, -0.25) is 19.2 Å². The van der Waals surface area contributed by atoms with Crippen LogP contribution in [0.5, 0.6) is 5.75 Å². The number of hydrogen-bond acceptors (Lipinski definition) is 10. The van der Waals surface area contributed by atoms with E-state index in [9.17, 15) is 24.3 Å². The van der Waals surface area contributed by atoms with Gasteiger partial charge in [-0.15, -0.1) is 0 Å². The van der Waals surface area contributed by atoms with Crippen LogP contribution in [0.3, 0.4) is 0 Å². The quantitative estimate of drug-likeness (QED) is 0.382. The van der Waals surface area contributed by atoms with Crippen molar-refractivity contribution in [3.63, 3.8) is 0 Å². The number of hydrogen-bond donors (Lipinski definition) is 1. The van der Waals surface area contributed by atoms with E-state index in [0.29, 0.717) is 11.8 Å². The highest BCUT2D eigenvalue weighted by molar-refractivity contribution is 5.74. The molecular formula is C19H22O10. The highest BCUT2D eigenvalue weighted by Crippen LogP contribution is 2.30. The molecule has 1 aromatic carbocycles. The van der Waals surface area contributed by atoms with Crippen LogP contribution in [0.2, 0.25) is 0 Å². The van der Waals surface area contributed by atoms with E-state index in [0.717, 1.165) is 20.8 Å². The van der Waals surface area contributed by atoms with E-state index in [2.05, 4.69) is 0 Å². The van der Waals surface area contributed by atoms with Gasteiger partial charge < -0.3 is 28.8 Å². The largest absolute Gasteiger partial charge is 0.461 e. The van der Waals surface area contributed by atoms with Crippen molar-refractivity contribution < 1.29 is 48.0 Å². The molecule has 1 aliphatic heterocycles. The van der Waals surface area contributed by atoms with Crippen molar-refractivity contribution in [3.8, 4) is 5.75 Å². The second kappa shape index (κ2) is 9.99. The summed E-state index contributed by atoms with van der Waals surface area (Å²) in [6.07, 6.45) is -5.57. The average molecular weight is 410 g/mol. The van der Waals surface area contributed by atoms with E-state index in [1.54, 1.807) is 0 Å². The number of carbonyl (C=O) groups excluding carboxylic acids is 4. The van der Waals surface area contributed by atoms with Crippen molar-refractivity contribution in [1.82, 2.24) is 0 Å². The summed E-state index contributed by atoms with van der Waals surface area (Å²) in [4.78, 5) is 45.6. The van der Waals surface area contributed by atoms with Crippen LogP contribution in [0, 0.1) is 0 Å². The third-order valence-corrected chi connectivity index (χ3v) is 3.95. The van der Waals surface area contributed by atoms with Crippen molar-refractivity contribution in [2.75, 3.05) is 6.61 Å². The number of ether oxygens (including phenoxy) is 5. The number of carbonyl (C=O) groups is 4. The predicted octanol–water partition coefficient (Wildman–Crippen LogP) is 0.390. The normalized spacial score (nSPS) is 26.1. The van der Waals surface area contributed by atoms with Crippen LogP contribution in [0.25, 0.3) is 0 Å². The minimum Gasteiger partial charge on any atom is -0.461 e. The molecule has 0 aromatic heterocycles. The molecule has 0 bridgehead atoms. The van der Waals surface area contributed by atoms with Crippen LogP contribution >= 0.6 is 0 Å². The highest BCUT2D eigenvalue weighted by Gasteiger charge is 2.52. The second-order valence-corrected chi connectivity index (χ2v) is 6.25. The molecule has 158 valence electrons. The van der Waals surface area contributed by atoms with Crippen molar-refractivity contribution in [3.05, 3.63) is 29.8 Å². The van der Waals surface area contributed by atoms with E-state index in [4.69, 9.17) is 23.7 Å². The average Bonchev–Trinajstić information content (AvgIpc) is 2.65. The van der Waals surface area contributed by atoms with Crippen LogP contribution in [-0.4, -0.2) is 66.6 Å². The molecule has 1 fully saturated rings. The molecule has 0 amide bonds. The molecule has 0 radical (unpaired) electrons. The summed E-state index contributed by atoms with van der Waals surface area (Å²) in [5.74, 6) is -1.89. The van der Waals surface area contributed by atoms with E-state index in [1.165, 1.54) is 24.3 Å². The smallest absolute Gasteiger partial charge is 0.303 e. The summed E-state index contributed by atoms with van der Waals surface area (Å²) in [7, 11) is 0. The number of esters is 3. The molecular weight excluding hydrogens is 388 g/mol. The van der Waals surface area contributed by atoms with Crippen LogP contribution in [0.4, 0.5) is 0 Å². The summed E-state index contributed by atoms with van der Waals surface area (Å²) in [5, 5.41) is 9.69. The van der Waals surface area contributed by atoms with Gasteiger partial charge in [0.25, 0.3) is 0 Å². The molecule has 0 unspecified atom stereocenters. The summed E-state index contributed by atoms with van der Waals surface area (Å²) >= 11 is 0. The fourth-order valence-electron chi connectivity index (χ4n) is 2.86. The van der Waals surface area contributed by atoms with Gasteiger partial charge in [-0.1, -0.05) is 0 Å². The molecule has 0 saturated carbocycles. The van der Waals surface area contributed by atoms with Gasteiger partial charge >= 0.3 is 17.9 Å². The molecule has 5 atom stereocenters. The Kier molecular flexibility index (Phi) is 7.68. The molecule has 29 heavy (non-hydrogen) atoms. The second-order valence-electron chi connectivity index (χ2n) is 6.25. The lowest BCUT2D eigenvalue weighted by molar-refractivity contribution is -0.287. The predicted molar refractivity (Wildman–Crippen MR) is 94.9 cm³/mol. The maximum atomic E-state index is 11.6. The Bertz CT molecular complexity index is 744. The summed E-state index contributed by atoms with van der Waals surface area (Å²) in [6, 6.07) is 5.98. The lowest BCUT2D eigenvalue weighted by atomic mass is 9.98. The standard InChI is InChI=1S/C19H22O10/c1-10(22)25-16-15(9-21)29-19(28-14-6-4-13(8-20)5-7-14)18(27-12(3)24)17(16)26-11(2)23/h4-8,15-19,21H,9H2,1-3H3/t15-,16-,17+,18-,19-/m1/s1. The summed E-state index contributed by atoms with van der Waals surface area (Å²) in [5.41, 5.74) is 0.416. The van der Waals surface area contributed by atoms with Gasteiger partial charge in [0.15, 0.2) is 12.2 Å². The number of aliphatic hydroxyl groups is 1. The maximum absolute atomic E-state index is 11.6. The zero-order chi connectivity index (χ0) is 21.6. The number of rotatable bonds is 7. The minimum absolute atomic E-state index is 0.266. The van der Waals surface area contributed by atoms with Crippen LogP contribution in [0.15, 0.2) is 24.3 Å². The first kappa shape index (κ1) is 22.3. The SMILES string of the molecule is CC(=O)O[C@@H]1[C@@H](OC(C)=O)[C@H](Oc2ccc(C=O)cc2)O[C@H](CO)[C@H]1OC(C)=O. The lowest BCUT2D eigenvalue weighted by Gasteiger charge is -2.43. The zero-order valence-electron chi connectivity index (χ0n) is 16.1. The summed E-state index contributed by atoms with van der Waals surface area (Å²) < 4.78 is 27.0. The fraction of sp³-hybridized carbons (Fsp3) is 0.474. The molecule has 10 heteroatoms. The molecule has 1 N–H and O–H groups in total. The Hall–Kier alpha value is -2.98. The van der Waals surface area contributed by atoms with Crippen molar-refractivity contribution in [2.24, 2.45) is 0 Å². The molecule has 1 aliphatic rings. The van der Waals surface area contributed by atoms with Gasteiger partial charge in [0.2, 0.25) is 12.4 Å². The van der Waals surface area contributed by atoms with Crippen molar-refractivity contribution in [1.29, 1.82) is 0 Å². The number of aliphatic hydroxyl groups excluding tert-OH is 1. The first-order valence-electron chi connectivity index (χ1n) is 8.75. The minimum atomic E-state index is -1.30. The van der Waals surface area contributed by atoms with E-state index in [1.807, 2.05) is 0 Å². The Labute approximate surface area is 166 Å². The van der Waals surface area contributed by atoms with Gasteiger partial charge in [0.05, 0.1) is 6.61 Å². The topological polar surface area (TPSA) is 135 Å². The number of aldehydes is 1. The molecule has 1 heterocycles. The molecule has 0 aliphatic carbocycles. The molecule has 0 spiro atoms. The van der Waals surface area contributed by atoms with Crippen LogP contribution in [0.1, 0.15) is 31.1 Å². The van der Waals surface area contributed by atoms with E-state index >= 15 is 0 Å². The molecule has 1 aromatic rings. The molecule has 2 rings (SSSR count).